The van der Waals surface area contributed by atoms with Gasteiger partial charge in [-0.3, -0.25) is 0 Å². The molecule has 0 unspecified atom stereocenters. The maximum absolute atomic E-state index is 8.61. The lowest BCUT2D eigenvalue weighted by atomic mass is 9.86. The predicted molar refractivity (Wildman–Crippen MR) is 66.5 cm³/mol. The average Bonchev–Trinajstić information content (AvgIpc) is 2.37. The van der Waals surface area contributed by atoms with Crippen LogP contribution in [0.3, 0.4) is 0 Å². The lowest BCUT2D eigenvalue weighted by Gasteiger charge is -2.21. The number of hydrogen-bond acceptors (Lipinski definition) is 3. The van der Waals surface area contributed by atoms with E-state index >= 15 is 0 Å². The standard InChI is InChI=1S/C14H19N3/c1-11-10-13(12-6-3-2-4-7-12)17-14(16-11)8-5-9-15/h10,12H,2-8H2,1H3. The maximum Gasteiger partial charge on any atom is 0.129 e. The van der Waals surface area contributed by atoms with Gasteiger partial charge >= 0.3 is 0 Å². The molecule has 1 aromatic heterocycles. The van der Waals surface area contributed by atoms with Gasteiger partial charge in [0.05, 0.1) is 6.07 Å². The predicted octanol–water partition coefficient (Wildman–Crippen LogP) is 3.29. The Morgan fingerprint density at radius 1 is 1.29 bits per heavy atom. The van der Waals surface area contributed by atoms with Gasteiger partial charge in [-0.05, 0) is 25.8 Å². The van der Waals surface area contributed by atoms with Gasteiger partial charge in [0.2, 0.25) is 0 Å². The Balaban J connectivity index is 2.15. The van der Waals surface area contributed by atoms with Gasteiger partial charge < -0.3 is 0 Å². The van der Waals surface area contributed by atoms with Crippen LogP contribution in [-0.4, -0.2) is 9.97 Å². The van der Waals surface area contributed by atoms with Crippen molar-refractivity contribution < 1.29 is 0 Å². The quantitative estimate of drug-likeness (QED) is 0.799. The summed E-state index contributed by atoms with van der Waals surface area (Å²) in [6.07, 6.45) is 7.71. The molecule has 0 saturated heterocycles. The molecule has 3 heteroatoms. The van der Waals surface area contributed by atoms with E-state index < -0.39 is 0 Å². The summed E-state index contributed by atoms with van der Waals surface area (Å²) in [7, 11) is 0. The second-order valence-electron chi connectivity index (χ2n) is 4.84. The van der Waals surface area contributed by atoms with Gasteiger partial charge in [0.1, 0.15) is 5.82 Å². The number of aromatic nitrogens is 2. The average molecular weight is 229 g/mol. The molecule has 0 atom stereocenters. The van der Waals surface area contributed by atoms with Crippen molar-refractivity contribution in [1.29, 1.82) is 5.26 Å². The third kappa shape index (κ3) is 3.26. The fraction of sp³-hybridized carbons (Fsp3) is 0.643. The normalized spacial score (nSPS) is 16.7. The van der Waals surface area contributed by atoms with E-state index in [0.29, 0.717) is 18.8 Å². The van der Waals surface area contributed by atoms with Gasteiger partial charge in [-0.2, -0.15) is 5.26 Å². The Morgan fingerprint density at radius 3 is 2.76 bits per heavy atom. The monoisotopic (exact) mass is 229 g/mol. The minimum absolute atomic E-state index is 0.508. The molecule has 90 valence electrons. The molecule has 1 heterocycles. The molecule has 0 spiro atoms. The van der Waals surface area contributed by atoms with Gasteiger partial charge in [-0.1, -0.05) is 19.3 Å². The first-order valence-electron chi connectivity index (χ1n) is 6.51. The topological polar surface area (TPSA) is 49.6 Å². The molecule has 3 nitrogen and oxygen atoms in total. The van der Waals surface area contributed by atoms with Gasteiger partial charge in [0.25, 0.3) is 0 Å². The van der Waals surface area contributed by atoms with E-state index in [2.05, 4.69) is 22.1 Å². The zero-order valence-corrected chi connectivity index (χ0v) is 10.4. The van der Waals surface area contributed by atoms with E-state index in [-0.39, 0.29) is 0 Å². The van der Waals surface area contributed by atoms with E-state index in [1.807, 2.05) is 6.92 Å². The summed E-state index contributed by atoms with van der Waals surface area (Å²) in [5.41, 5.74) is 2.23. The van der Waals surface area contributed by atoms with Gasteiger partial charge in [0, 0.05) is 30.1 Å². The van der Waals surface area contributed by atoms with E-state index in [4.69, 9.17) is 5.26 Å². The minimum Gasteiger partial charge on any atom is -0.238 e. The second kappa shape index (κ2) is 5.77. The molecule has 0 N–H and O–H groups in total. The summed E-state index contributed by atoms with van der Waals surface area (Å²) in [6.45, 7) is 2.02. The minimum atomic E-state index is 0.508. The highest BCUT2D eigenvalue weighted by atomic mass is 14.9. The fourth-order valence-corrected chi connectivity index (χ4v) is 2.54. The summed E-state index contributed by atoms with van der Waals surface area (Å²) in [6, 6.07) is 4.27. The SMILES string of the molecule is Cc1cc(C2CCCCC2)nc(CCC#N)n1. The third-order valence-corrected chi connectivity index (χ3v) is 3.40. The van der Waals surface area contributed by atoms with Crippen LogP contribution in [0.4, 0.5) is 0 Å². The zero-order chi connectivity index (χ0) is 12.1. The molecule has 0 radical (unpaired) electrons. The van der Waals surface area contributed by atoms with E-state index in [1.165, 1.54) is 37.8 Å². The van der Waals surface area contributed by atoms with Crippen LogP contribution >= 0.6 is 0 Å². The molecule has 1 saturated carbocycles. The van der Waals surface area contributed by atoms with Gasteiger partial charge in [-0.25, -0.2) is 9.97 Å². The number of rotatable bonds is 3. The molecule has 1 aliphatic rings. The van der Waals surface area contributed by atoms with Crippen LogP contribution < -0.4 is 0 Å². The van der Waals surface area contributed by atoms with Gasteiger partial charge in [-0.15, -0.1) is 0 Å². The lowest BCUT2D eigenvalue weighted by molar-refractivity contribution is 0.435. The molecular formula is C14H19N3. The van der Waals surface area contributed by atoms with Crippen molar-refractivity contribution in [3.8, 4) is 6.07 Å². The Bertz CT molecular complexity index is 414. The molecule has 2 rings (SSSR count). The van der Waals surface area contributed by atoms with Crippen molar-refractivity contribution in [2.24, 2.45) is 0 Å². The first kappa shape index (κ1) is 12.0. The molecular weight excluding hydrogens is 210 g/mol. The molecule has 17 heavy (non-hydrogen) atoms. The molecule has 0 amide bonds. The number of aryl methyl sites for hydroxylation is 2. The van der Waals surface area contributed by atoms with Crippen LogP contribution in [-0.2, 0) is 6.42 Å². The summed E-state index contributed by atoms with van der Waals surface area (Å²) in [5.74, 6) is 1.46. The van der Waals surface area contributed by atoms with Crippen LogP contribution in [0, 0.1) is 18.3 Å². The molecule has 0 aliphatic heterocycles. The number of nitrogens with zero attached hydrogens (tertiary/aromatic N) is 3. The summed E-state index contributed by atoms with van der Waals surface area (Å²) in [5, 5.41) is 8.61. The molecule has 1 aliphatic carbocycles. The highest BCUT2D eigenvalue weighted by molar-refractivity contribution is 5.15. The number of nitriles is 1. The molecule has 0 bridgehead atoms. The van der Waals surface area contributed by atoms with Crippen molar-refractivity contribution in [3.05, 3.63) is 23.3 Å². The van der Waals surface area contributed by atoms with Crippen LogP contribution in [0.15, 0.2) is 6.07 Å². The van der Waals surface area contributed by atoms with Crippen LogP contribution in [0.2, 0.25) is 0 Å². The van der Waals surface area contributed by atoms with Crippen LogP contribution in [0.5, 0.6) is 0 Å². The van der Waals surface area contributed by atoms with Crippen molar-refractivity contribution in [2.45, 2.75) is 57.8 Å². The first-order valence-corrected chi connectivity index (χ1v) is 6.51. The Morgan fingerprint density at radius 2 is 2.06 bits per heavy atom. The highest BCUT2D eigenvalue weighted by Crippen LogP contribution is 2.31. The van der Waals surface area contributed by atoms with Crippen molar-refractivity contribution in [2.75, 3.05) is 0 Å². The van der Waals surface area contributed by atoms with E-state index in [1.54, 1.807) is 0 Å². The smallest absolute Gasteiger partial charge is 0.129 e. The highest BCUT2D eigenvalue weighted by Gasteiger charge is 2.17. The summed E-state index contributed by atoms with van der Waals surface area (Å²) in [4.78, 5) is 9.04. The Hall–Kier alpha value is -1.43. The zero-order valence-electron chi connectivity index (χ0n) is 10.4. The summed E-state index contributed by atoms with van der Waals surface area (Å²) < 4.78 is 0. The Kier molecular flexibility index (Phi) is 4.08. The Labute approximate surface area is 103 Å². The van der Waals surface area contributed by atoms with Crippen molar-refractivity contribution in [3.63, 3.8) is 0 Å². The van der Waals surface area contributed by atoms with E-state index in [9.17, 15) is 0 Å². The van der Waals surface area contributed by atoms with Gasteiger partial charge in [0.15, 0.2) is 0 Å². The lowest BCUT2D eigenvalue weighted by Crippen LogP contribution is -2.09. The van der Waals surface area contributed by atoms with Crippen molar-refractivity contribution in [1.82, 2.24) is 9.97 Å². The second-order valence-corrected chi connectivity index (χ2v) is 4.84. The summed E-state index contributed by atoms with van der Waals surface area (Å²) >= 11 is 0. The number of hydrogen-bond donors (Lipinski definition) is 0. The fourth-order valence-electron chi connectivity index (χ4n) is 2.54. The third-order valence-electron chi connectivity index (χ3n) is 3.40. The maximum atomic E-state index is 8.61. The van der Waals surface area contributed by atoms with E-state index in [0.717, 1.165) is 11.5 Å². The van der Waals surface area contributed by atoms with Crippen molar-refractivity contribution >= 4 is 0 Å². The van der Waals surface area contributed by atoms with Crippen LogP contribution in [0.25, 0.3) is 0 Å². The molecule has 0 aromatic carbocycles. The van der Waals surface area contributed by atoms with Crippen LogP contribution in [0.1, 0.15) is 61.7 Å². The molecule has 1 aromatic rings. The largest absolute Gasteiger partial charge is 0.238 e. The molecule has 1 fully saturated rings. The first-order chi connectivity index (χ1) is 8.29.